The minimum atomic E-state index is -3.34. The van der Waals surface area contributed by atoms with Crippen LogP contribution in [0.1, 0.15) is 11.1 Å². The number of carbonyl (C=O) groups excluding carboxylic acids is 1. The molecule has 142 valence electrons. The fourth-order valence-corrected chi connectivity index (χ4v) is 3.03. The van der Waals surface area contributed by atoms with Crippen LogP contribution >= 0.6 is 11.6 Å². The zero-order valence-corrected chi connectivity index (χ0v) is 15.8. The molecule has 1 unspecified atom stereocenters. The molecule has 1 aliphatic rings. The van der Waals surface area contributed by atoms with E-state index in [1.165, 1.54) is 12.1 Å². The lowest BCUT2D eigenvalue weighted by atomic mass is 10.0. The predicted molar refractivity (Wildman–Crippen MR) is 99.8 cm³/mol. The van der Waals surface area contributed by atoms with E-state index in [2.05, 4.69) is 4.72 Å². The van der Waals surface area contributed by atoms with E-state index in [-0.39, 0.29) is 17.9 Å². The lowest BCUT2D eigenvalue weighted by Gasteiger charge is -2.22. The quantitative estimate of drug-likeness (QED) is 0.579. The molecule has 0 radical (unpaired) electrons. The van der Waals surface area contributed by atoms with Crippen molar-refractivity contribution in [3.05, 3.63) is 64.2 Å². The van der Waals surface area contributed by atoms with Crippen molar-refractivity contribution < 1.29 is 27.8 Å². The van der Waals surface area contributed by atoms with Crippen molar-refractivity contribution >= 4 is 33.7 Å². The molecule has 2 N–H and O–H groups in total. The highest BCUT2D eigenvalue weighted by Gasteiger charge is 2.27. The van der Waals surface area contributed by atoms with Crippen LogP contribution in [0.25, 0.3) is 6.08 Å². The molecule has 0 aromatic heterocycles. The van der Waals surface area contributed by atoms with E-state index in [1.54, 1.807) is 36.4 Å². The highest BCUT2D eigenvalue weighted by Crippen LogP contribution is 2.31. The molecule has 1 heterocycles. The van der Waals surface area contributed by atoms with Gasteiger partial charge in [0.15, 0.2) is 0 Å². The summed E-state index contributed by atoms with van der Waals surface area (Å²) in [5, 5.41) is 10.5. The van der Waals surface area contributed by atoms with Gasteiger partial charge in [0.2, 0.25) is 16.3 Å². The summed E-state index contributed by atoms with van der Waals surface area (Å²) in [6, 6.07) is 11.2. The van der Waals surface area contributed by atoms with Gasteiger partial charge < -0.3 is 14.6 Å². The van der Waals surface area contributed by atoms with Gasteiger partial charge >= 0.3 is 5.97 Å². The van der Waals surface area contributed by atoms with Gasteiger partial charge in [-0.1, -0.05) is 23.7 Å². The third-order valence-corrected chi connectivity index (χ3v) is 4.57. The lowest BCUT2D eigenvalue weighted by Crippen LogP contribution is -2.29. The topological polar surface area (TPSA) is 102 Å². The molecular formula is C18H16ClNO6S. The Kier molecular flexibility index (Phi) is 5.52. The van der Waals surface area contributed by atoms with Crippen LogP contribution in [0, 0.1) is 0 Å². The van der Waals surface area contributed by atoms with Crippen molar-refractivity contribution in [2.45, 2.75) is 12.8 Å². The van der Waals surface area contributed by atoms with Crippen LogP contribution in [0.2, 0.25) is 5.02 Å². The van der Waals surface area contributed by atoms with Gasteiger partial charge in [-0.25, -0.2) is 17.9 Å². The predicted octanol–water partition coefficient (Wildman–Crippen LogP) is 2.09. The average molecular weight is 410 g/mol. The number of halogens is 1. The van der Waals surface area contributed by atoms with E-state index >= 15 is 0 Å². The number of fused-ring (bicyclic) bond motifs is 1. The van der Waals surface area contributed by atoms with Gasteiger partial charge in [0.05, 0.1) is 6.26 Å². The zero-order chi connectivity index (χ0) is 19.6. The number of aliphatic hydroxyl groups is 1. The molecule has 2 aromatic rings. The third-order valence-electron chi connectivity index (χ3n) is 3.67. The summed E-state index contributed by atoms with van der Waals surface area (Å²) in [6.45, 7) is 0.0881. The molecular weight excluding hydrogens is 394 g/mol. The molecule has 3 rings (SSSR count). The monoisotopic (exact) mass is 409 g/mol. The summed E-state index contributed by atoms with van der Waals surface area (Å²) in [4.78, 5) is 12.4. The first-order chi connectivity index (χ1) is 12.7. The van der Waals surface area contributed by atoms with Crippen LogP contribution < -0.4 is 14.2 Å². The van der Waals surface area contributed by atoms with Crippen molar-refractivity contribution in [2.24, 2.45) is 0 Å². The Bertz CT molecular complexity index is 1020. The van der Waals surface area contributed by atoms with Crippen LogP contribution in [-0.4, -0.2) is 32.0 Å². The average Bonchev–Trinajstić information content (AvgIpc) is 2.58. The molecule has 1 aliphatic heterocycles. The molecule has 9 heteroatoms. The molecule has 0 amide bonds. The van der Waals surface area contributed by atoms with Gasteiger partial charge in [-0.15, -0.1) is 0 Å². The summed E-state index contributed by atoms with van der Waals surface area (Å²) in [5.74, 6) is -0.183. The van der Waals surface area contributed by atoms with E-state index in [0.29, 0.717) is 21.9 Å². The Labute approximate surface area is 161 Å². The van der Waals surface area contributed by atoms with Gasteiger partial charge in [-0.2, -0.15) is 0 Å². The maximum Gasteiger partial charge on any atom is 0.345 e. The summed E-state index contributed by atoms with van der Waals surface area (Å²) in [5.41, 5.74) is 1.10. The number of aliphatic hydroxyl groups excluding tert-OH is 1. The van der Waals surface area contributed by atoms with Crippen LogP contribution in [0.15, 0.2) is 48.0 Å². The normalized spacial score (nSPS) is 16.1. The van der Waals surface area contributed by atoms with Crippen molar-refractivity contribution in [1.82, 2.24) is 4.72 Å². The number of ether oxygens (including phenoxy) is 2. The number of sulfonamides is 1. The van der Waals surface area contributed by atoms with E-state index in [1.807, 2.05) is 0 Å². The fourth-order valence-electron chi connectivity index (χ4n) is 2.42. The van der Waals surface area contributed by atoms with Crippen molar-refractivity contribution in [3.8, 4) is 11.5 Å². The van der Waals surface area contributed by atoms with Gasteiger partial charge in [0.25, 0.3) is 0 Å². The number of nitrogens with one attached hydrogen (secondary N) is 1. The Hall–Kier alpha value is -2.39. The van der Waals surface area contributed by atoms with Crippen LogP contribution in [0.5, 0.6) is 11.5 Å². The fraction of sp³-hybridized carbons (Fsp3) is 0.167. The van der Waals surface area contributed by atoms with Crippen LogP contribution in [-0.2, 0) is 21.4 Å². The summed E-state index contributed by atoms with van der Waals surface area (Å²) in [7, 11) is -3.34. The highest BCUT2D eigenvalue weighted by molar-refractivity contribution is 7.88. The van der Waals surface area contributed by atoms with Gasteiger partial charge in [-0.05, 0) is 42.0 Å². The van der Waals surface area contributed by atoms with E-state index in [0.717, 1.165) is 6.26 Å². The number of esters is 1. The Morgan fingerprint density at radius 2 is 2.07 bits per heavy atom. The summed E-state index contributed by atoms with van der Waals surface area (Å²) >= 11 is 5.86. The molecule has 0 saturated heterocycles. The molecule has 27 heavy (non-hydrogen) atoms. The largest absolute Gasteiger partial charge is 0.460 e. The second-order valence-electron chi connectivity index (χ2n) is 5.88. The maximum atomic E-state index is 12.4. The minimum Gasteiger partial charge on any atom is -0.460 e. The van der Waals surface area contributed by atoms with E-state index < -0.39 is 22.3 Å². The molecule has 7 nitrogen and oxygen atoms in total. The number of rotatable bonds is 5. The molecule has 0 saturated carbocycles. The van der Waals surface area contributed by atoms with E-state index in [4.69, 9.17) is 21.1 Å². The van der Waals surface area contributed by atoms with Gasteiger partial charge in [0, 0.05) is 17.1 Å². The maximum absolute atomic E-state index is 12.4. The van der Waals surface area contributed by atoms with Crippen molar-refractivity contribution in [2.75, 3.05) is 6.26 Å². The SMILES string of the molecule is CS(=O)(=O)NCc1ccc2c(c1)C=C(C(=O)Oc1cccc(Cl)c1)C(O)O2. The van der Waals surface area contributed by atoms with Crippen LogP contribution in [0.4, 0.5) is 0 Å². The number of hydrogen-bond donors (Lipinski definition) is 2. The smallest absolute Gasteiger partial charge is 0.345 e. The molecule has 0 bridgehead atoms. The summed E-state index contributed by atoms with van der Waals surface area (Å²) in [6.07, 6.45) is 1.03. The molecule has 2 aromatic carbocycles. The molecule has 1 atom stereocenters. The second-order valence-corrected chi connectivity index (χ2v) is 8.15. The molecule has 0 spiro atoms. The van der Waals surface area contributed by atoms with Gasteiger partial charge in [-0.3, -0.25) is 0 Å². The Balaban J connectivity index is 1.83. The number of carbonyl (C=O) groups is 1. The standard InChI is InChI=1S/C18H16ClNO6S/c1-27(23,24)20-10-11-5-6-16-12(7-11)8-15(18(22)26-16)17(21)25-14-4-2-3-13(19)9-14/h2-9,18,20,22H,10H2,1H3. The summed E-state index contributed by atoms with van der Waals surface area (Å²) < 4.78 is 35.4. The lowest BCUT2D eigenvalue weighted by molar-refractivity contribution is -0.133. The zero-order valence-electron chi connectivity index (χ0n) is 14.2. The first-order valence-corrected chi connectivity index (χ1v) is 10.1. The van der Waals surface area contributed by atoms with Crippen molar-refractivity contribution in [3.63, 3.8) is 0 Å². The first kappa shape index (κ1) is 19.4. The third kappa shape index (κ3) is 5.08. The number of benzene rings is 2. The highest BCUT2D eigenvalue weighted by atomic mass is 35.5. The van der Waals surface area contributed by atoms with Gasteiger partial charge in [0.1, 0.15) is 17.1 Å². The second kappa shape index (κ2) is 7.69. The number of hydrogen-bond acceptors (Lipinski definition) is 6. The van der Waals surface area contributed by atoms with Crippen molar-refractivity contribution in [1.29, 1.82) is 0 Å². The molecule has 0 aliphatic carbocycles. The Morgan fingerprint density at radius 1 is 1.30 bits per heavy atom. The Morgan fingerprint density at radius 3 is 2.78 bits per heavy atom. The van der Waals surface area contributed by atoms with E-state index in [9.17, 15) is 18.3 Å². The minimum absolute atomic E-state index is 0.0873. The van der Waals surface area contributed by atoms with Crippen LogP contribution in [0.3, 0.4) is 0 Å². The first-order valence-electron chi connectivity index (χ1n) is 7.83. The molecule has 0 fully saturated rings.